The molecule has 12 heteroatoms. The zero-order valence-corrected chi connectivity index (χ0v) is 20.3. The standard InChI is InChI=1S/C25H20F2N4O5S/c1-2-34-25(33)36-23-21-12(10-28-23)19(20-14(29-21)4-3-5-16(20)32)17-6-7-18(35-17)37-24-30-15-9-11(26)8-13(27)22(15)31-24/h6-10,19,28-29H,2-5H2,1H3,(H,30,31). The lowest BCUT2D eigenvalue weighted by Crippen LogP contribution is -2.26. The van der Waals surface area contributed by atoms with Crippen molar-refractivity contribution in [2.24, 2.45) is 0 Å². The number of anilines is 1. The van der Waals surface area contributed by atoms with E-state index in [1.165, 1.54) is 6.07 Å². The van der Waals surface area contributed by atoms with Gasteiger partial charge in [0.15, 0.2) is 21.8 Å². The third-order valence-corrected chi connectivity index (χ3v) is 7.03. The SMILES string of the molecule is CCOC(=O)Oc1[nH]cc2c1NC1=C(C(=O)CCC1)C2c1ccc(Sc2nc3c(F)cc(F)cc3[nH]2)o1. The molecular weight excluding hydrogens is 506 g/mol. The molecule has 2 aliphatic rings. The second kappa shape index (κ2) is 9.11. The van der Waals surface area contributed by atoms with Crippen molar-refractivity contribution in [1.82, 2.24) is 15.0 Å². The number of imidazole rings is 1. The van der Waals surface area contributed by atoms with Crippen molar-refractivity contribution >= 4 is 40.4 Å². The maximum atomic E-state index is 14.1. The minimum atomic E-state index is -0.844. The first-order valence-electron chi connectivity index (χ1n) is 11.6. The molecule has 0 spiro atoms. The van der Waals surface area contributed by atoms with Crippen LogP contribution in [0.1, 0.15) is 43.4 Å². The van der Waals surface area contributed by atoms with Gasteiger partial charge in [-0.1, -0.05) is 0 Å². The zero-order chi connectivity index (χ0) is 25.7. The van der Waals surface area contributed by atoms with Gasteiger partial charge in [-0.2, -0.15) is 0 Å². The highest BCUT2D eigenvalue weighted by molar-refractivity contribution is 7.99. The number of aromatic nitrogens is 3. The van der Waals surface area contributed by atoms with Crippen molar-refractivity contribution in [3.05, 3.63) is 64.7 Å². The molecule has 0 saturated heterocycles. The second-order valence-corrected chi connectivity index (χ2v) is 9.54. The highest BCUT2D eigenvalue weighted by Crippen LogP contribution is 2.49. The van der Waals surface area contributed by atoms with Gasteiger partial charge in [-0.15, -0.1) is 0 Å². The first-order chi connectivity index (χ1) is 17.9. The van der Waals surface area contributed by atoms with Gasteiger partial charge in [0, 0.05) is 35.5 Å². The lowest BCUT2D eigenvalue weighted by molar-refractivity contribution is -0.116. The fourth-order valence-corrected chi connectivity index (χ4v) is 5.49. The number of furan rings is 1. The van der Waals surface area contributed by atoms with Gasteiger partial charge < -0.3 is 29.2 Å². The van der Waals surface area contributed by atoms with Gasteiger partial charge in [-0.05, 0) is 49.7 Å². The number of aromatic amines is 2. The fourth-order valence-electron chi connectivity index (χ4n) is 4.72. The summed E-state index contributed by atoms with van der Waals surface area (Å²) in [6.07, 6.45) is 2.60. The number of ether oxygens (including phenoxy) is 2. The molecule has 1 aromatic carbocycles. The first kappa shape index (κ1) is 23.3. The molecule has 0 amide bonds. The van der Waals surface area contributed by atoms with Crippen molar-refractivity contribution in [3.63, 3.8) is 0 Å². The smallest absolute Gasteiger partial charge is 0.453 e. The molecule has 0 fully saturated rings. The normalized spacial score (nSPS) is 16.9. The Bertz CT molecular complexity index is 1590. The van der Waals surface area contributed by atoms with E-state index in [0.29, 0.717) is 52.1 Å². The van der Waals surface area contributed by atoms with E-state index in [2.05, 4.69) is 20.3 Å². The monoisotopic (exact) mass is 526 g/mol. The van der Waals surface area contributed by atoms with Crippen LogP contribution in [-0.4, -0.2) is 33.5 Å². The molecular formula is C25H20F2N4O5S. The van der Waals surface area contributed by atoms with Gasteiger partial charge in [0.1, 0.15) is 22.8 Å². The van der Waals surface area contributed by atoms with E-state index in [9.17, 15) is 18.4 Å². The summed E-state index contributed by atoms with van der Waals surface area (Å²) in [7, 11) is 0. The Hall–Kier alpha value is -4.06. The Morgan fingerprint density at radius 1 is 1.27 bits per heavy atom. The van der Waals surface area contributed by atoms with Gasteiger partial charge in [-0.3, -0.25) is 4.79 Å². The molecule has 3 aromatic heterocycles. The molecule has 190 valence electrons. The third kappa shape index (κ3) is 4.16. The molecule has 0 radical (unpaired) electrons. The lowest BCUT2D eigenvalue weighted by Gasteiger charge is -2.31. The number of carbonyl (C=O) groups is 2. The highest BCUT2D eigenvalue weighted by atomic mass is 32.2. The van der Waals surface area contributed by atoms with Crippen LogP contribution in [0.2, 0.25) is 0 Å². The van der Waals surface area contributed by atoms with E-state index < -0.39 is 23.7 Å². The number of benzene rings is 1. The number of Topliss-reactive ketones (excluding diaryl/α,β-unsaturated/α-hetero) is 1. The Labute approximate surface area is 212 Å². The molecule has 1 atom stereocenters. The van der Waals surface area contributed by atoms with Gasteiger partial charge in [0.2, 0.25) is 5.88 Å². The number of hydrogen-bond acceptors (Lipinski definition) is 8. The average Bonchev–Trinajstić information content (AvgIpc) is 3.58. The number of H-pyrrole nitrogens is 2. The van der Waals surface area contributed by atoms with Crippen LogP contribution in [0, 0.1) is 11.6 Å². The van der Waals surface area contributed by atoms with Crippen molar-refractivity contribution in [3.8, 4) is 5.88 Å². The fraction of sp³-hybridized carbons (Fsp3) is 0.240. The summed E-state index contributed by atoms with van der Waals surface area (Å²) in [4.78, 5) is 35.0. The van der Waals surface area contributed by atoms with E-state index in [1.807, 2.05) is 0 Å². The van der Waals surface area contributed by atoms with Crippen LogP contribution in [0.25, 0.3) is 11.0 Å². The number of allylic oxidation sites excluding steroid dienone is 2. The van der Waals surface area contributed by atoms with Crippen molar-refractivity contribution in [2.45, 2.75) is 42.4 Å². The van der Waals surface area contributed by atoms with Crippen LogP contribution in [0.5, 0.6) is 5.88 Å². The number of carbonyl (C=O) groups excluding carboxylic acids is 2. The van der Waals surface area contributed by atoms with E-state index in [1.54, 1.807) is 25.3 Å². The second-order valence-electron chi connectivity index (χ2n) is 8.54. The Balaban J connectivity index is 1.35. The van der Waals surface area contributed by atoms with Crippen LogP contribution in [0.3, 0.4) is 0 Å². The van der Waals surface area contributed by atoms with Gasteiger partial charge in [0.25, 0.3) is 0 Å². The molecule has 4 heterocycles. The summed E-state index contributed by atoms with van der Waals surface area (Å²) in [5, 5.41) is 4.03. The van der Waals surface area contributed by atoms with Gasteiger partial charge in [0.05, 0.1) is 18.0 Å². The number of rotatable bonds is 5. The molecule has 1 aliphatic carbocycles. The summed E-state index contributed by atoms with van der Waals surface area (Å²) in [6, 6.07) is 5.43. The third-order valence-electron chi connectivity index (χ3n) is 6.22. The Morgan fingerprint density at radius 2 is 2.14 bits per heavy atom. The summed E-state index contributed by atoms with van der Waals surface area (Å²) in [5.41, 5.74) is 2.84. The predicted molar refractivity (Wildman–Crippen MR) is 129 cm³/mol. The number of ketones is 1. The summed E-state index contributed by atoms with van der Waals surface area (Å²) in [6.45, 7) is 1.85. The Morgan fingerprint density at radius 3 is 2.97 bits per heavy atom. The highest BCUT2D eigenvalue weighted by Gasteiger charge is 2.39. The number of nitrogens with one attached hydrogen (secondary N) is 3. The quantitative estimate of drug-likeness (QED) is 0.270. The summed E-state index contributed by atoms with van der Waals surface area (Å²) >= 11 is 1.11. The van der Waals surface area contributed by atoms with Crippen LogP contribution in [-0.2, 0) is 9.53 Å². The van der Waals surface area contributed by atoms with Crippen LogP contribution >= 0.6 is 11.8 Å². The van der Waals surface area contributed by atoms with E-state index in [4.69, 9.17) is 13.9 Å². The number of halogens is 2. The van der Waals surface area contributed by atoms with Gasteiger partial charge in [-0.25, -0.2) is 18.6 Å². The minimum Gasteiger partial charge on any atom is -0.453 e. The first-order valence-corrected chi connectivity index (χ1v) is 12.4. The summed E-state index contributed by atoms with van der Waals surface area (Å²) < 4.78 is 44.0. The maximum absolute atomic E-state index is 14.1. The van der Waals surface area contributed by atoms with Crippen molar-refractivity contribution < 1.29 is 32.3 Å². The van der Waals surface area contributed by atoms with Crippen molar-refractivity contribution in [2.75, 3.05) is 11.9 Å². The minimum absolute atomic E-state index is 0.0128. The van der Waals surface area contributed by atoms with E-state index in [0.717, 1.165) is 23.5 Å². The van der Waals surface area contributed by atoms with Gasteiger partial charge >= 0.3 is 6.16 Å². The van der Waals surface area contributed by atoms with E-state index >= 15 is 0 Å². The molecule has 9 nitrogen and oxygen atoms in total. The average molecular weight is 527 g/mol. The van der Waals surface area contributed by atoms with Crippen LogP contribution in [0.15, 0.2) is 56.4 Å². The maximum Gasteiger partial charge on any atom is 0.515 e. The summed E-state index contributed by atoms with van der Waals surface area (Å²) in [5.74, 6) is -1.30. The number of fused-ring (bicyclic) bond motifs is 2. The molecule has 1 aliphatic heterocycles. The molecule has 1 unspecified atom stereocenters. The van der Waals surface area contributed by atoms with Crippen LogP contribution < -0.4 is 10.1 Å². The van der Waals surface area contributed by atoms with E-state index in [-0.39, 0.29) is 29.3 Å². The Kier molecular flexibility index (Phi) is 5.75. The topological polar surface area (TPSA) is 122 Å². The number of nitrogens with zero attached hydrogens (tertiary/aromatic N) is 1. The zero-order valence-electron chi connectivity index (χ0n) is 19.4. The molecule has 0 saturated carbocycles. The molecule has 37 heavy (non-hydrogen) atoms. The number of hydrogen-bond donors (Lipinski definition) is 3. The van der Waals surface area contributed by atoms with Crippen LogP contribution in [0.4, 0.5) is 19.3 Å². The molecule has 0 bridgehead atoms. The molecule has 3 N–H and O–H groups in total. The largest absolute Gasteiger partial charge is 0.515 e. The van der Waals surface area contributed by atoms with Crippen molar-refractivity contribution in [1.29, 1.82) is 0 Å². The molecule has 4 aromatic rings. The lowest BCUT2D eigenvalue weighted by atomic mass is 9.79. The predicted octanol–water partition coefficient (Wildman–Crippen LogP) is 6.01. The molecule has 6 rings (SSSR count).